The first-order valence-corrected chi connectivity index (χ1v) is 7.05. The molecule has 0 aliphatic heterocycles. The van der Waals surface area contributed by atoms with Crippen molar-refractivity contribution in [3.05, 3.63) is 34.9 Å². The van der Waals surface area contributed by atoms with Crippen molar-refractivity contribution in [3.63, 3.8) is 0 Å². The van der Waals surface area contributed by atoms with E-state index in [9.17, 15) is 0 Å². The Balaban J connectivity index is 0.00000400. The van der Waals surface area contributed by atoms with Crippen molar-refractivity contribution in [1.82, 2.24) is 5.32 Å². The van der Waals surface area contributed by atoms with Crippen molar-refractivity contribution in [2.24, 2.45) is 10.7 Å². The van der Waals surface area contributed by atoms with Crippen LogP contribution in [0.15, 0.2) is 29.3 Å². The van der Waals surface area contributed by atoms with Crippen LogP contribution < -0.4 is 11.1 Å². The van der Waals surface area contributed by atoms with Gasteiger partial charge in [-0.25, -0.2) is 0 Å². The minimum absolute atomic E-state index is 0. The third kappa shape index (κ3) is 6.84. The number of methoxy groups -OCH3 is 1. The van der Waals surface area contributed by atoms with Crippen molar-refractivity contribution in [3.8, 4) is 0 Å². The van der Waals surface area contributed by atoms with Crippen LogP contribution in [0.25, 0.3) is 0 Å². The molecule has 0 aliphatic carbocycles. The molecule has 0 aromatic heterocycles. The van der Waals surface area contributed by atoms with Gasteiger partial charge < -0.3 is 15.8 Å². The molecule has 0 radical (unpaired) electrons. The molecule has 0 fully saturated rings. The Morgan fingerprint density at radius 3 is 2.62 bits per heavy atom. The highest BCUT2D eigenvalue weighted by atomic mass is 127. The summed E-state index contributed by atoms with van der Waals surface area (Å²) in [6.45, 7) is 7.34. The first kappa shape index (κ1) is 20.5. The zero-order chi connectivity index (χ0) is 15.2. The van der Waals surface area contributed by atoms with Gasteiger partial charge in [0, 0.05) is 23.6 Å². The molecule has 0 bridgehead atoms. The molecule has 4 nitrogen and oxygen atoms in total. The van der Waals surface area contributed by atoms with Gasteiger partial charge in [0.1, 0.15) is 0 Å². The molecule has 120 valence electrons. The molecule has 0 spiro atoms. The Bertz CT molecular complexity index is 466. The molecule has 0 aliphatic rings. The molecular formula is C15H25ClIN3O. The molecule has 0 amide bonds. The molecule has 0 heterocycles. The number of ether oxygens (including phenoxy) is 1. The summed E-state index contributed by atoms with van der Waals surface area (Å²) in [7, 11) is 1.66. The number of nitrogens with zero attached hydrogens (tertiary/aromatic N) is 1. The highest BCUT2D eigenvalue weighted by molar-refractivity contribution is 14.0. The number of benzene rings is 1. The van der Waals surface area contributed by atoms with E-state index in [4.69, 9.17) is 22.1 Å². The minimum Gasteiger partial charge on any atom is -0.383 e. The van der Waals surface area contributed by atoms with Gasteiger partial charge >= 0.3 is 0 Å². The average Bonchev–Trinajstić information content (AvgIpc) is 2.37. The fourth-order valence-electron chi connectivity index (χ4n) is 1.97. The van der Waals surface area contributed by atoms with Crippen LogP contribution in [0.3, 0.4) is 0 Å². The molecule has 6 heteroatoms. The number of hydrogen-bond acceptors (Lipinski definition) is 2. The highest BCUT2D eigenvalue weighted by Gasteiger charge is 2.22. The van der Waals surface area contributed by atoms with Gasteiger partial charge in [0.25, 0.3) is 0 Å². The van der Waals surface area contributed by atoms with Gasteiger partial charge in [0.15, 0.2) is 5.96 Å². The summed E-state index contributed by atoms with van der Waals surface area (Å²) < 4.78 is 5.04. The zero-order valence-corrected chi connectivity index (χ0v) is 16.1. The van der Waals surface area contributed by atoms with E-state index in [-0.39, 0.29) is 35.4 Å². The summed E-state index contributed by atoms with van der Waals surface area (Å²) in [5.74, 6) is 0.426. The van der Waals surface area contributed by atoms with Crippen LogP contribution in [0.5, 0.6) is 0 Å². The lowest BCUT2D eigenvalue weighted by Crippen LogP contribution is -2.41. The molecule has 1 aromatic carbocycles. The predicted molar refractivity (Wildman–Crippen MR) is 101 cm³/mol. The summed E-state index contributed by atoms with van der Waals surface area (Å²) >= 11 is 6.24. The monoisotopic (exact) mass is 425 g/mol. The van der Waals surface area contributed by atoms with Crippen LogP contribution in [-0.2, 0) is 10.2 Å². The van der Waals surface area contributed by atoms with Crippen LogP contribution in [0.1, 0.15) is 26.3 Å². The van der Waals surface area contributed by atoms with Crippen LogP contribution in [0, 0.1) is 0 Å². The Morgan fingerprint density at radius 1 is 1.43 bits per heavy atom. The number of guanidine groups is 1. The second-order valence-electron chi connectivity index (χ2n) is 5.57. The molecule has 21 heavy (non-hydrogen) atoms. The number of hydrogen-bond donors (Lipinski definition) is 2. The summed E-state index contributed by atoms with van der Waals surface area (Å²) in [5.41, 5.74) is 6.78. The third-order valence-electron chi connectivity index (χ3n) is 3.06. The van der Waals surface area contributed by atoms with Crippen molar-refractivity contribution in [2.75, 3.05) is 20.3 Å². The van der Waals surface area contributed by atoms with Crippen LogP contribution in [-0.4, -0.2) is 32.3 Å². The Kier molecular flexibility index (Phi) is 9.24. The van der Waals surface area contributed by atoms with E-state index >= 15 is 0 Å². The van der Waals surface area contributed by atoms with Gasteiger partial charge in [-0.05, 0) is 18.6 Å². The molecule has 0 saturated heterocycles. The number of nitrogens with two attached hydrogens (primary N) is 1. The number of nitrogens with one attached hydrogen (secondary N) is 1. The molecular weight excluding hydrogens is 401 g/mol. The van der Waals surface area contributed by atoms with E-state index in [1.807, 2.05) is 31.2 Å². The molecule has 1 rings (SSSR count). The fourth-order valence-corrected chi connectivity index (χ4v) is 2.36. The van der Waals surface area contributed by atoms with Crippen LogP contribution in [0.4, 0.5) is 0 Å². The van der Waals surface area contributed by atoms with E-state index in [1.54, 1.807) is 7.11 Å². The van der Waals surface area contributed by atoms with Crippen molar-refractivity contribution < 1.29 is 4.74 Å². The quantitative estimate of drug-likeness (QED) is 0.418. The van der Waals surface area contributed by atoms with Crippen molar-refractivity contribution in [1.29, 1.82) is 0 Å². The number of halogens is 2. The second-order valence-corrected chi connectivity index (χ2v) is 5.97. The summed E-state index contributed by atoms with van der Waals surface area (Å²) in [6, 6.07) is 7.95. The summed E-state index contributed by atoms with van der Waals surface area (Å²) in [6.07, 6.45) is 0. The van der Waals surface area contributed by atoms with Crippen LogP contribution in [0.2, 0.25) is 5.02 Å². The topological polar surface area (TPSA) is 59.6 Å². The van der Waals surface area contributed by atoms with Gasteiger partial charge in [-0.1, -0.05) is 43.6 Å². The second kappa shape index (κ2) is 9.48. The van der Waals surface area contributed by atoms with Crippen molar-refractivity contribution >= 4 is 41.5 Å². The van der Waals surface area contributed by atoms with Crippen LogP contribution >= 0.6 is 35.6 Å². The van der Waals surface area contributed by atoms with E-state index in [0.29, 0.717) is 19.1 Å². The lowest BCUT2D eigenvalue weighted by atomic mass is 9.85. The third-order valence-corrected chi connectivity index (χ3v) is 3.39. The number of rotatable bonds is 6. The maximum absolute atomic E-state index is 6.24. The van der Waals surface area contributed by atoms with E-state index < -0.39 is 0 Å². The normalized spacial score (nSPS) is 13.5. The fraction of sp³-hybridized carbons (Fsp3) is 0.533. The molecule has 1 atom stereocenters. The average molecular weight is 426 g/mol. The Morgan fingerprint density at radius 2 is 2.05 bits per heavy atom. The lowest BCUT2D eigenvalue weighted by molar-refractivity contribution is 0.179. The van der Waals surface area contributed by atoms with E-state index in [1.165, 1.54) is 0 Å². The standard InChI is InChI=1S/C15H24ClN3O.HI/c1-11(9-20-4)19-14(17)18-10-15(2,3)12-7-5-6-8-13(12)16;/h5-8,11H,9-10H2,1-4H3,(H3,17,18,19);1H. The lowest BCUT2D eigenvalue weighted by Gasteiger charge is -2.24. The largest absolute Gasteiger partial charge is 0.383 e. The molecule has 1 unspecified atom stereocenters. The molecule has 3 N–H and O–H groups in total. The zero-order valence-electron chi connectivity index (χ0n) is 13.0. The van der Waals surface area contributed by atoms with Gasteiger partial charge in [-0.15, -0.1) is 24.0 Å². The first-order chi connectivity index (χ1) is 9.36. The van der Waals surface area contributed by atoms with Gasteiger partial charge in [0.05, 0.1) is 13.2 Å². The van der Waals surface area contributed by atoms with Crippen molar-refractivity contribution in [2.45, 2.75) is 32.2 Å². The molecule has 0 saturated carbocycles. The molecule has 1 aromatic rings. The number of aliphatic imine (C=N–C) groups is 1. The Hall–Kier alpha value is -0.530. The first-order valence-electron chi connectivity index (χ1n) is 6.67. The summed E-state index contributed by atoms with van der Waals surface area (Å²) in [4.78, 5) is 4.40. The van der Waals surface area contributed by atoms with E-state index in [0.717, 1.165) is 10.6 Å². The SMILES string of the molecule is COCC(C)NC(N)=NCC(C)(C)c1ccccc1Cl.I. The predicted octanol–water partition coefficient (Wildman–Crippen LogP) is 3.17. The van der Waals surface area contributed by atoms with Gasteiger partial charge in [-0.3, -0.25) is 4.99 Å². The maximum atomic E-state index is 6.24. The smallest absolute Gasteiger partial charge is 0.188 e. The van der Waals surface area contributed by atoms with Gasteiger partial charge in [0.2, 0.25) is 0 Å². The highest BCUT2D eigenvalue weighted by Crippen LogP contribution is 2.29. The minimum atomic E-state index is -0.171. The van der Waals surface area contributed by atoms with Gasteiger partial charge in [-0.2, -0.15) is 0 Å². The Labute approximate surface area is 149 Å². The van der Waals surface area contributed by atoms with E-state index in [2.05, 4.69) is 24.2 Å². The maximum Gasteiger partial charge on any atom is 0.188 e. The summed E-state index contributed by atoms with van der Waals surface area (Å²) in [5, 5.41) is 3.85.